The third kappa shape index (κ3) is 5.01. The lowest BCUT2D eigenvalue weighted by molar-refractivity contribution is -0.895. The molecule has 1 aliphatic rings. The fraction of sp³-hybridized carbons (Fsp3) is 0.333. The first-order valence-electron chi connectivity index (χ1n) is 9.59. The van der Waals surface area contributed by atoms with Crippen molar-refractivity contribution in [3.8, 4) is 6.07 Å². The van der Waals surface area contributed by atoms with Crippen LogP contribution in [0, 0.1) is 11.3 Å². The molecule has 0 saturated carbocycles. The Morgan fingerprint density at radius 1 is 1.14 bits per heavy atom. The molecule has 1 heterocycles. The lowest BCUT2D eigenvalue weighted by Crippen LogP contribution is -3.15. The molecule has 1 atom stereocenters. The van der Waals surface area contributed by atoms with E-state index in [-0.39, 0.29) is 22.4 Å². The van der Waals surface area contributed by atoms with Crippen molar-refractivity contribution in [2.45, 2.75) is 17.9 Å². The van der Waals surface area contributed by atoms with Crippen molar-refractivity contribution in [3.63, 3.8) is 0 Å². The lowest BCUT2D eigenvalue weighted by Gasteiger charge is -2.31. The number of benzene rings is 2. The highest BCUT2D eigenvalue weighted by Gasteiger charge is 2.32. The number of amides is 1. The minimum absolute atomic E-state index is 0.0420. The fourth-order valence-corrected chi connectivity index (χ4v) is 5.07. The summed E-state index contributed by atoms with van der Waals surface area (Å²) in [5.74, 6) is -0.0533. The van der Waals surface area contributed by atoms with E-state index < -0.39 is 10.0 Å². The van der Waals surface area contributed by atoms with Gasteiger partial charge in [0.2, 0.25) is 10.0 Å². The Hall–Kier alpha value is -2.73. The quantitative estimate of drug-likeness (QED) is 0.713. The second kappa shape index (κ2) is 9.18. The number of nitrogens with one attached hydrogen (secondary N) is 2. The van der Waals surface area contributed by atoms with Crippen LogP contribution >= 0.6 is 0 Å². The molecule has 1 fully saturated rings. The fourth-order valence-electron chi connectivity index (χ4n) is 3.49. The molecule has 8 heteroatoms. The maximum absolute atomic E-state index is 12.9. The number of quaternary nitrogens is 1. The van der Waals surface area contributed by atoms with Gasteiger partial charge in [-0.2, -0.15) is 9.57 Å². The molecule has 152 valence electrons. The molecule has 3 rings (SSSR count). The summed E-state index contributed by atoms with van der Waals surface area (Å²) >= 11 is 0. The van der Waals surface area contributed by atoms with Crippen molar-refractivity contribution in [3.05, 3.63) is 65.7 Å². The molecule has 29 heavy (non-hydrogen) atoms. The molecular formula is C21H25N4O3S+. The third-order valence-electron chi connectivity index (χ3n) is 5.14. The standard InChI is InChI=1S/C21H24N4O3S/c1-17(18-7-3-2-4-8-18)23-21(26)16-24-11-13-25(14-12-24)29(27,28)20-10-6-5-9-19(20)15-22/h2-10,17H,11-14,16H2,1H3,(H,23,26)/p+1/t17-/m1/s1. The van der Waals surface area contributed by atoms with E-state index in [1.807, 2.05) is 43.3 Å². The topological polar surface area (TPSA) is 94.7 Å². The highest BCUT2D eigenvalue weighted by atomic mass is 32.2. The predicted molar refractivity (Wildman–Crippen MR) is 108 cm³/mol. The zero-order valence-corrected chi connectivity index (χ0v) is 17.2. The van der Waals surface area contributed by atoms with Gasteiger partial charge in [0.25, 0.3) is 5.91 Å². The summed E-state index contributed by atoms with van der Waals surface area (Å²) in [6.07, 6.45) is 0. The first kappa shape index (κ1) is 21.0. The van der Waals surface area contributed by atoms with Crippen LogP contribution in [-0.4, -0.2) is 51.4 Å². The maximum Gasteiger partial charge on any atom is 0.275 e. The van der Waals surface area contributed by atoms with Gasteiger partial charge in [-0.05, 0) is 24.6 Å². The average molecular weight is 414 g/mol. The molecule has 0 spiro atoms. The van der Waals surface area contributed by atoms with Crippen molar-refractivity contribution >= 4 is 15.9 Å². The van der Waals surface area contributed by atoms with Gasteiger partial charge in [-0.15, -0.1) is 0 Å². The summed E-state index contributed by atoms with van der Waals surface area (Å²) in [5.41, 5.74) is 1.19. The summed E-state index contributed by atoms with van der Waals surface area (Å²) in [6.45, 7) is 3.97. The van der Waals surface area contributed by atoms with Crippen molar-refractivity contribution in [2.75, 3.05) is 32.7 Å². The molecule has 0 unspecified atom stereocenters. The zero-order chi connectivity index (χ0) is 20.9. The van der Waals surface area contributed by atoms with E-state index >= 15 is 0 Å². The van der Waals surface area contributed by atoms with Crippen LogP contribution in [0.25, 0.3) is 0 Å². The Bertz CT molecular complexity index is 994. The van der Waals surface area contributed by atoms with Gasteiger partial charge in [0.1, 0.15) is 6.07 Å². The Labute approximate surface area is 171 Å². The number of carbonyl (C=O) groups is 1. The largest absolute Gasteiger partial charge is 0.345 e. The molecular weight excluding hydrogens is 388 g/mol. The number of carbonyl (C=O) groups excluding carboxylic acids is 1. The maximum atomic E-state index is 12.9. The molecule has 1 aliphatic heterocycles. The Morgan fingerprint density at radius 2 is 1.76 bits per heavy atom. The molecule has 7 nitrogen and oxygen atoms in total. The van der Waals surface area contributed by atoms with Gasteiger partial charge in [0.05, 0.1) is 42.7 Å². The first-order valence-corrected chi connectivity index (χ1v) is 11.0. The summed E-state index contributed by atoms with van der Waals surface area (Å²) in [7, 11) is -3.71. The number of piperazine rings is 1. The Morgan fingerprint density at radius 3 is 2.41 bits per heavy atom. The van der Waals surface area contributed by atoms with Gasteiger partial charge in [0.15, 0.2) is 6.54 Å². The summed E-state index contributed by atoms with van der Waals surface area (Å²) in [6, 6.07) is 17.9. The van der Waals surface area contributed by atoms with E-state index in [4.69, 9.17) is 0 Å². The lowest BCUT2D eigenvalue weighted by atomic mass is 10.1. The number of nitriles is 1. The van der Waals surface area contributed by atoms with E-state index in [9.17, 15) is 18.5 Å². The molecule has 2 N–H and O–H groups in total. The molecule has 1 saturated heterocycles. The van der Waals surface area contributed by atoms with E-state index in [1.165, 1.54) is 16.4 Å². The van der Waals surface area contributed by atoms with Crippen molar-refractivity contribution < 1.29 is 18.1 Å². The minimum Gasteiger partial charge on any atom is -0.345 e. The third-order valence-corrected chi connectivity index (χ3v) is 7.10. The van der Waals surface area contributed by atoms with Crippen LogP contribution in [-0.2, 0) is 14.8 Å². The molecule has 2 aromatic carbocycles. The minimum atomic E-state index is -3.71. The second-order valence-corrected chi connectivity index (χ2v) is 9.05. The van der Waals surface area contributed by atoms with Gasteiger partial charge in [-0.25, -0.2) is 8.42 Å². The monoisotopic (exact) mass is 413 g/mol. The number of hydrogen-bond donors (Lipinski definition) is 2. The van der Waals surface area contributed by atoms with Crippen molar-refractivity contribution in [1.82, 2.24) is 9.62 Å². The summed E-state index contributed by atoms with van der Waals surface area (Å²) in [5, 5.41) is 12.2. The van der Waals surface area contributed by atoms with Crippen LogP contribution in [0.4, 0.5) is 0 Å². The predicted octanol–water partition coefficient (Wildman–Crippen LogP) is 0.325. The zero-order valence-electron chi connectivity index (χ0n) is 16.3. The summed E-state index contributed by atoms with van der Waals surface area (Å²) < 4.78 is 27.2. The number of nitrogens with zero attached hydrogens (tertiary/aromatic N) is 2. The molecule has 0 aliphatic carbocycles. The van der Waals surface area contributed by atoms with Crippen LogP contribution in [0.5, 0.6) is 0 Å². The first-order chi connectivity index (χ1) is 13.9. The molecule has 0 aromatic heterocycles. The molecule has 1 amide bonds. The van der Waals surface area contributed by atoms with Gasteiger partial charge < -0.3 is 10.2 Å². The average Bonchev–Trinajstić information content (AvgIpc) is 2.74. The van der Waals surface area contributed by atoms with E-state index in [1.54, 1.807) is 12.1 Å². The van der Waals surface area contributed by atoms with Gasteiger partial charge in [0, 0.05) is 0 Å². The Balaban J connectivity index is 1.55. The van der Waals surface area contributed by atoms with E-state index in [0.717, 1.165) is 10.5 Å². The molecule has 2 aromatic rings. The van der Waals surface area contributed by atoms with Gasteiger partial charge in [-0.3, -0.25) is 4.79 Å². The van der Waals surface area contributed by atoms with E-state index in [2.05, 4.69) is 5.32 Å². The number of rotatable bonds is 6. The number of hydrogen-bond acceptors (Lipinski definition) is 4. The van der Waals surface area contributed by atoms with Crippen LogP contribution in [0.2, 0.25) is 0 Å². The molecule has 0 radical (unpaired) electrons. The molecule has 0 bridgehead atoms. The van der Waals surface area contributed by atoms with Crippen LogP contribution in [0.1, 0.15) is 24.1 Å². The van der Waals surface area contributed by atoms with Crippen LogP contribution in [0.3, 0.4) is 0 Å². The van der Waals surface area contributed by atoms with Gasteiger partial charge >= 0.3 is 0 Å². The normalized spacial score (nSPS) is 16.7. The second-order valence-electron chi connectivity index (χ2n) is 7.14. The number of sulfonamides is 1. The van der Waals surface area contributed by atoms with Gasteiger partial charge in [-0.1, -0.05) is 42.5 Å². The van der Waals surface area contributed by atoms with Crippen molar-refractivity contribution in [1.29, 1.82) is 5.26 Å². The smallest absolute Gasteiger partial charge is 0.275 e. The highest BCUT2D eigenvalue weighted by Crippen LogP contribution is 2.19. The van der Waals surface area contributed by atoms with Crippen LogP contribution in [0.15, 0.2) is 59.5 Å². The SMILES string of the molecule is C[C@@H](NC(=O)C[NH+]1CCN(S(=O)(=O)c2ccccc2C#N)CC1)c1ccccc1. The van der Waals surface area contributed by atoms with Crippen LogP contribution < -0.4 is 10.2 Å². The Kier molecular flexibility index (Phi) is 6.64. The van der Waals surface area contributed by atoms with Crippen molar-refractivity contribution in [2.24, 2.45) is 0 Å². The van der Waals surface area contributed by atoms with E-state index in [0.29, 0.717) is 32.7 Å². The summed E-state index contributed by atoms with van der Waals surface area (Å²) in [4.78, 5) is 13.5. The highest BCUT2D eigenvalue weighted by molar-refractivity contribution is 7.89.